The third-order valence-corrected chi connectivity index (χ3v) is 6.01. The third-order valence-electron chi connectivity index (χ3n) is 6.01. The lowest BCUT2D eigenvalue weighted by Gasteiger charge is -2.35. The van der Waals surface area contributed by atoms with Crippen LogP contribution in [0, 0.1) is 5.92 Å². The average Bonchev–Trinajstić information content (AvgIpc) is 3.11. The van der Waals surface area contributed by atoms with Crippen molar-refractivity contribution in [2.75, 3.05) is 33.4 Å². The van der Waals surface area contributed by atoms with E-state index in [0.29, 0.717) is 19.4 Å². The number of hydrogen-bond acceptors (Lipinski definition) is 5. The van der Waals surface area contributed by atoms with Crippen molar-refractivity contribution < 1.29 is 19.4 Å². The van der Waals surface area contributed by atoms with Crippen LogP contribution < -0.4 is 5.32 Å². The zero-order valence-electron chi connectivity index (χ0n) is 16.0. The predicted molar refractivity (Wildman–Crippen MR) is 102 cm³/mol. The zero-order valence-corrected chi connectivity index (χ0v) is 16.0. The summed E-state index contributed by atoms with van der Waals surface area (Å²) in [6, 6.07) is 10.1. The second-order valence-electron chi connectivity index (χ2n) is 7.84. The molecule has 1 aromatic rings. The Labute approximate surface area is 160 Å². The summed E-state index contributed by atoms with van der Waals surface area (Å²) in [5.41, 5.74) is 0.316. The van der Waals surface area contributed by atoms with Crippen LogP contribution in [0.3, 0.4) is 0 Å². The highest BCUT2D eigenvalue weighted by Crippen LogP contribution is 2.33. The second-order valence-corrected chi connectivity index (χ2v) is 7.84. The molecule has 2 aliphatic rings. The molecule has 0 spiro atoms. The largest absolute Gasteiger partial charge is 0.467 e. The van der Waals surface area contributed by atoms with Gasteiger partial charge in [0.2, 0.25) is 5.91 Å². The number of likely N-dealkylation sites (tertiary alicyclic amines) is 1. The van der Waals surface area contributed by atoms with Crippen LogP contribution >= 0.6 is 0 Å². The van der Waals surface area contributed by atoms with Gasteiger partial charge < -0.3 is 15.2 Å². The highest BCUT2D eigenvalue weighted by Gasteiger charge is 2.42. The van der Waals surface area contributed by atoms with E-state index in [1.54, 1.807) is 0 Å². The van der Waals surface area contributed by atoms with Gasteiger partial charge in [-0.05, 0) is 18.4 Å². The monoisotopic (exact) mass is 374 g/mol. The van der Waals surface area contributed by atoms with E-state index in [0.717, 1.165) is 25.8 Å². The number of esters is 1. The fraction of sp³-hybridized carbons (Fsp3) is 0.619. The van der Waals surface area contributed by atoms with Crippen molar-refractivity contribution in [1.29, 1.82) is 0 Å². The maximum atomic E-state index is 12.7. The molecular weight excluding hydrogens is 344 g/mol. The van der Waals surface area contributed by atoms with Crippen LogP contribution in [0.4, 0.5) is 0 Å². The van der Waals surface area contributed by atoms with Gasteiger partial charge in [0.05, 0.1) is 13.7 Å². The van der Waals surface area contributed by atoms with Crippen molar-refractivity contribution in [2.24, 2.45) is 5.92 Å². The standard InChI is InChI=1S/C21H30N2O4/c1-27-20(26)21(10-6-3-7-11-21)22-19(25)14-23-12-17(15-24)18(13-23)16-8-4-2-5-9-16/h2,4-5,8-9,17-18,24H,3,6-7,10-15H2,1H3,(H,22,25)/t17-,18-/m0/s1. The molecule has 2 atom stereocenters. The summed E-state index contributed by atoms with van der Waals surface area (Å²) >= 11 is 0. The fourth-order valence-corrected chi connectivity index (χ4v) is 4.59. The molecule has 0 aromatic heterocycles. The van der Waals surface area contributed by atoms with Gasteiger partial charge in [0.1, 0.15) is 5.54 Å². The van der Waals surface area contributed by atoms with Gasteiger partial charge >= 0.3 is 5.97 Å². The average molecular weight is 374 g/mol. The van der Waals surface area contributed by atoms with E-state index in [-0.39, 0.29) is 36.9 Å². The number of amides is 1. The molecular formula is C21H30N2O4. The van der Waals surface area contributed by atoms with E-state index < -0.39 is 5.54 Å². The summed E-state index contributed by atoms with van der Waals surface area (Å²) in [5.74, 6) is -0.155. The molecule has 148 valence electrons. The van der Waals surface area contributed by atoms with E-state index in [4.69, 9.17) is 4.74 Å². The Kier molecular flexibility index (Phi) is 6.50. The van der Waals surface area contributed by atoms with Gasteiger partial charge in [0.25, 0.3) is 0 Å². The van der Waals surface area contributed by atoms with Crippen LogP contribution in [0.5, 0.6) is 0 Å². The quantitative estimate of drug-likeness (QED) is 0.741. The number of carbonyl (C=O) groups is 2. The Hall–Kier alpha value is -1.92. The van der Waals surface area contributed by atoms with Crippen LogP contribution in [0.1, 0.15) is 43.6 Å². The van der Waals surface area contributed by atoms with Gasteiger partial charge in [-0.2, -0.15) is 0 Å². The Morgan fingerprint density at radius 2 is 1.89 bits per heavy atom. The van der Waals surface area contributed by atoms with E-state index in [2.05, 4.69) is 22.3 Å². The Bertz CT molecular complexity index is 643. The van der Waals surface area contributed by atoms with Crippen LogP contribution in [-0.2, 0) is 14.3 Å². The summed E-state index contributed by atoms with van der Waals surface area (Å²) in [5, 5.41) is 12.7. The van der Waals surface area contributed by atoms with Crippen molar-refractivity contribution in [3.63, 3.8) is 0 Å². The van der Waals surface area contributed by atoms with E-state index >= 15 is 0 Å². The first-order valence-corrected chi connectivity index (χ1v) is 9.85. The molecule has 1 saturated carbocycles. The molecule has 6 heteroatoms. The van der Waals surface area contributed by atoms with Crippen molar-refractivity contribution >= 4 is 11.9 Å². The number of benzene rings is 1. The van der Waals surface area contributed by atoms with Gasteiger partial charge in [-0.15, -0.1) is 0 Å². The normalized spacial score (nSPS) is 25.1. The Morgan fingerprint density at radius 3 is 2.52 bits per heavy atom. The number of hydrogen-bond donors (Lipinski definition) is 2. The molecule has 3 rings (SSSR count). The van der Waals surface area contributed by atoms with Crippen molar-refractivity contribution in [3.8, 4) is 0 Å². The van der Waals surface area contributed by atoms with E-state index in [1.807, 2.05) is 18.2 Å². The van der Waals surface area contributed by atoms with E-state index in [1.165, 1.54) is 12.7 Å². The molecule has 6 nitrogen and oxygen atoms in total. The first-order chi connectivity index (χ1) is 13.1. The van der Waals surface area contributed by atoms with E-state index in [9.17, 15) is 14.7 Å². The van der Waals surface area contributed by atoms with Crippen LogP contribution in [0.15, 0.2) is 30.3 Å². The summed E-state index contributed by atoms with van der Waals surface area (Å²) < 4.78 is 4.97. The molecule has 0 unspecified atom stereocenters. The predicted octanol–water partition coefficient (Wildman–Crippen LogP) is 1.69. The van der Waals surface area contributed by atoms with Gasteiger partial charge in [-0.25, -0.2) is 4.79 Å². The molecule has 27 heavy (non-hydrogen) atoms. The lowest BCUT2D eigenvalue weighted by Crippen LogP contribution is -2.57. The summed E-state index contributed by atoms with van der Waals surface area (Å²) in [6.07, 6.45) is 4.19. The summed E-state index contributed by atoms with van der Waals surface area (Å²) in [4.78, 5) is 27.1. The van der Waals surface area contributed by atoms with Crippen molar-refractivity contribution in [1.82, 2.24) is 10.2 Å². The second kappa shape index (κ2) is 8.85. The molecule has 1 heterocycles. The number of methoxy groups -OCH3 is 1. The molecule has 0 radical (unpaired) electrons. The number of ether oxygens (including phenoxy) is 1. The smallest absolute Gasteiger partial charge is 0.331 e. The first-order valence-electron chi connectivity index (χ1n) is 9.85. The maximum absolute atomic E-state index is 12.7. The minimum atomic E-state index is -0.876. The fourth-order valence-electron chi connectivity index (χ4n) is 4.59. The number of nitrogens with zero attached hydrogens (tertiary/aromatic N) is 1. The first kappa shape index (κ1) is 19.8. The number of aliphatic hydroxyl groups is 1. The number of rotatable bonds is 6. The molecule has 1 aliphatic carbocycles. The summed E-state index contributed by atoms with van der Waals surface area (Å²) in [7, 11) is 1.38. The molecule has 1 aromatic carbocycles. The highest BCUT2D eigenvalue weighted by atomic mass is 16.5. The van der Waals surface area contributed by atoms with Crippen LogP contribution in [-0.4, -0.2) is 60.8 Å². The van der Waals surface area contributed by atoms with Crippen LogP contribution in [0.25, 0.3) is 0 Å². The Balaban J connectivity index is 1.63. The van der Waals surface area contributed by atoms with Crippen LogP contribution in [0.2, 0.25) is 0 Å². The number of nitrogens with one attached hydrogen (secondary N) is 1. The molecule has 2 fully saturated rings. The molecule has 1 aliphatic heterocycles. The van der Waals surface area contributed by atoms with Gasteiger partial charge in [0, 0.05) is 31.5 Å². The minimum Gasteiger partial charge on any atom is -0.467 e. The molecule has 0 bridgehead atoms. The Morgan fingerprint density at radius 1 is 1.19 bits per heavy atom. The highest BCUT2D eigenvalue weighted by molar-refractivity contribution is 5.89. The third kappa shape index (κ3) is 4.50. The molecule has 1 amide bonds. The zero-order chi connectivity index (χ0) is 19.3. The van der Waals surface area contributed by atoms with Crippen molar-refractivity contribution in [2.45, 2.75) is 43.6 Å². The maximum Gasteiger partial charge on any atom is 0.331 e. The number of carbonyl (C=O) groups excluding carboxylic acids is 2. The van der Waals surface area contributed by atoms with Gasteiger partial charge in [0.15, 0.2) is 0 Å². The summed E-state index contributed by atoms with van der Waals surface area (Å²) in [6.45, 7) is 1.74. The minimum absolute atomic E-state index is 0.101. The topological polar surface area (TPSA) is 78.9 Å². The SMILES string of the molecule is COC(=O)C1(NC(=O)CN2C[C@@H](CO)[C@H](c3ccccc3)C2)CCCCC1. The molecule has 2 N–H and O–H groups in total. The lowest BCUT2D eigenvalue weighted by atomic mass is 9.81. The van der Waals surface area contributed by atoms with Crippen molar-refractivity contribution in [3.05, 3.63) is 35.9 Å². The van der Waals surface area contributed by atoms with Gasteiger partial charge in [-0.1, -0.05) is 49.6 Å². The lowest BCUT2D eigenvalue weighted by molar-refractivity contribution is -0.152. The molecule has 1 saturated heterocycles. The van der Waals surface area contributed by atoms with Gasteiger partial charge in [-0.3, -0.25) is 9.69 Å². The number of aliphatic hydroxyl groups excluding tert-OH is 1.